The fraction of sp³-hybridized carbons (Fsp3) is 0.457. The Morgan fingerprint density at radius 2 is 0.991 bits per heavy atom. The van der Waals surface area contributed by atoms with E-state index >= 15 is 0 Å². The number of aromatic hydroxyl groups is 4. The number of carbonyl (C=O) groups excluding carboxylic acids is 8. The molecular weight excluding hydrogens is 1450 g/mol. The third-order valence-electron chi connectivity index (χ3n) is 20.9. The molecule has 4 aromatic carbocycles. The molecule has 2 aromatic heterocycles. The van der Waals surface area contributed by atoms with Gasteiger partial charge in [0.2, 0.25) is 23.2 Å². The number of benzene rings is 4. The third-order valence-corrected chi connectivity index (χ3v) is 20.9. The number of imidazole rings is 2. The fourth-order valence-electron chi connectivity index (χ4n) is 15.4. The summed E-state index contributed by atoms with van der Waals surface area (Å²) in [5, 5.41) is 102. The van der Waals surface area contributed by atoms with Crippen molar-refractivity contribution in [3.63, 3.8) is 0 Å². The first-order chi connectivity index (χ1) is 51.9. The lowest BCUT2D eigenvalue weighted by Gasteiger charge is -2.44. The van der Waals surface area contributed by atoms with Gasteiger partial charge in [0.15, 0.2) is 48.9 Å². The number of hydrogen-bond acceptors (Lipinski definition) is 33. The van der Waals surface area contributed by atoms with Crippen molar-refractivity contribution in [2.24, 2.45) is 14.1 Å². The molecule has 4 aliphatic heterocycles. The van der Waals surface area contributed by atoms with Crippen LogP contribution in [0.15, 0.2) is 48.8 Å². The van der Waals surface area contributed by atoms with Gasteiger partial charge >= 0.3 is 23.8 Å². The van der Waals surface area contributed by atoms with Crippen LogP contribution < -0.4 is 9.47 Å². The van der Waals surface area contributed by atoms with Crippen molar-refractivity contribution in [2.45, 2.75) is 145 Å². The van der Waals surface area contributed by atoms with E-state index in [0.717, 1.165) is 23.9 Å². The lowest BCUT2D eigenvalue weighted by Crippen LogP contribution is -2.57. The molecule has 39 heteroatoms. The Morgan fingerprint density at radius 3 is 1.37 bits per heavy atom. The van der Waals surface area contributed by atoms with Gasteiger partial charge in [-0.3, -0.25) is 38.6 Å². The van der Waals surface area contributed by atoms with Gasteiger partial charge in [0.25, 0.3) is 0 Å². The predicted molar refractivity (Wildman–Crippen MR) is 357 cm³/mol. The number of phenolic OH excluding ortho intramolecular Hbond substituents is 4. The number of hydrogen-bond donors (Lipinski definition) is 7. The normalized spacial score (nSPS) is 26.0. The lowest BCUT2D eigenvalue weighted by atomic mass is 9.72. The van der Waals surface area contributed by atoms with Crippen LogP contribution >= 0.6 is 0 Å². The highest BCUT2D eigenvalue weighted by Gasteiger charge is 2.55. The second-order valence-corrected chi connectivity index (χ2v) is 27.0. The number of ketones is 6. The SMILES string of the molecule is COc1cccc2c1C(=O)c1c(O)c3c(c(O)c1C2=O)C[C@@](O)(C(=O)CO)C[C@@H]3O[C@H]1C[C@H]2[C@H](OCOCN2C(=O)OCc2ncc([N+](=O)[O-])n2C)[C@H](C)O1.COc1cccc2c1C(=O)c1c(O)c3c(c(O)c1C2=O)C[C@@](O)(C(C)=O)C[C@@H]3O[C@H]1CC2[C@H](OCOCN2C(=O)OCc2ncc([N+](=O)[O-])n2C)[C@H](C)O1. The summed E-state index contributed by atoms with van der Waals surface area (Å²) in [5.74, 6) is -8.13. The fourth-order valence-corrected chi connectivity index (χ4v) is 15.4. The minimum absolute atomic E-state index is 0.0480. The van der Waals surface area contributed by atoms with Gasteiger partial charge in [-0.2, -0.15) is 0 Å². The molecule has 0 bridgehead atoms. The predicted octanol–water partition coefficient (Wildman–Crippen LogP) is 3.61. The minimum atomic E-state index is -2.37. The van der Waals surface area contributed by atoms with E-state index < -0.39 is 220 Å². The number of aliphatic hydroxyl groups excluding tert-OH is 1. The van der Waals surface area contributed by atoms with Gasteiger partial charge in [-0.05, 0) is 42.8 Å². The van der Waals surface area contributed by atoms with E-state index in [1.54, 1.807) is 13.8 Å². The van der Waals surface area contributed by atoms with Crippen LogP contribution in [-0.2, 0) is 97.1 Å². The summed E-state index contributed by atoms with van der Waals surface area (Å²) in [7, 11) is 5.41. The molecule has 2 amide bonds. The first-order valence-electron chi connectivity index (χ1n) is 33.9. The molecule has 39 nitrogen and oxygen atoms in total. The third kappa shape index (κ3) is 13.3. The highest BCUT2D eigenvalue weighted by Crippen LogP contribution is 2.55. The number of carbonyl (C=O) groups is 8. The zero-order valence-corrected chi connectivity index (χ0v) is 59.1. The Labute approximate surface area is 615 Å². The van der Waals surface area contributed by atoms with Crippen molar-refractivity contribution in [3.05, 3.63) is 147 Å². The Bertz CT molecular complexity index is 4800. The van der Waals surface area contributed by atoms with Gasteiger partial charge in [-0.1, -0.05) is 24.3 Å². The Morgan fingerprint density at radius 1 is 0.596 bits per heavy atom. The van der Waals surface area contributed by atoms with Crippen LogP contribution in [0.4, 0.5) is 21.2 Å². The number of aromatic nitrogens is 4. The van der Waals surface area contributed by atoms with Crippen LogP contribution in [0.5, 0.6) is 34.5 Å². The average Bonchev–Trinajstić information content (AvgIpc) is 0.965. The molecule has 0 saturated carbocycles. The van der Waals surface area contributed by atoms with E-state index in [1.807, 2.05) is 0 Å². The monoisotopic (exact) mass is 1520 g/mol. The van der Waals surface area contributed by atoms with Gasteiger partial charge in [0, 0.05) is 71.9 Å². The zero-order chi connectivity index (χ0) is 78.3. The molecule has 7 N–H and O–H groups in total. The van der Waals surface area contributed by atoms with Crippen molar-refractivity contribution in [1.29, 1.82) is 0 Å². The van der Waals surface area contributed by atoms with Crippen LogP contribution in [0.25, 0.3) is 0 Å². The smallest absolute Gasteiger partial charge is 0.412 e. The van der Waals surface area contributed by atoms with Crippen molar-refractivity contribution in [3.8, 4) is 34.5 Å². The second-order valence-electron chi connectivity index (χ2n) is 27.0. The number of phenols is 4. The van der Waals surface area contributed by atoms with Crippen molar-refractivity contribution < 1.29 is 141 Å². The summed E-state index contributed by atoms with van der Waals surface area (Å²) in [6, 6.07) is 6.98. The molecule has 12 atom stereocenters. The molecule has 4 fully saturated rings. The van der Waals surface area contributed by atoms with Gasteiger partial charge in [0.1, 0.15) is 104 Å². The molecule has 14 rings (SSSR count). The number of nitro groups is 2. The van der Waals surface area contributed by atoms with Crippen molar-refractivity contribution in [1.82, 2.24) is 28.9 Å². The van der Waals surface area contributed by atoms with E-state index in [2.05, 4.69) is 9.97 Å². The summed E-state index contributed by atoms with van der Waals surface area (Å²) in [6.45, 7) is 1.50. The molecule has 109 heavy (non-hydrogen) atoms. The maximum absolute atomic E-state index is 14.0. The Hall–Kier alpha value is -11.0. The number of aliphatic hydroxyl groups is 3. The topological polar surface area (TPSA) is 517 Å². The summed E-state index contributed by atoms with van der Waals surface area (Å²) in [5.41, 5.74) is -7.74. The van der Waals surface area contributed by atoms with E-state index in [-0.39, 0.29) is 119 Å². The Kier molecular flexibility index (Phi) is 20.7. The first kappa shape index (κ1) is 76.2. The van der Waals surface area contributed by atoms with E-state index in [1.165, 1.54) is 79.1 Å². The lowest BCUT2D eigenvalue weighted by molar-refractivity contribution is -0.392. The van der Waals surface area contributed by atoms with E-state index in [0.29, 0.717) is 0 Å². The van der Waals surface area contributed by atoms with Crippen molar-refractivity contribution in [2.75, 3.05) is 47.9 Å². The Balaban J connectivity index is 0.000000192. The van der Waals surface area contributed by atoms with Crippen LogP contribution in [0, 0.1) is 20.2 Å². The van der Waals surface area contributed by atoms with Crippen LogP contribution in [0.3, 0.4) is 0 Å². The number of amides is 2. The molecule has 4 saturated heterocycles. The van der Waals surface area contributed by atoms with Gasteiger partial charge < -0.3 is 113 Å². The summed E-state index contributed by atoms with van der Waals surface area (Å²) < 4.78 is 71.6. The van der Waals surface area contributed by atoms with E-state index in [4.69, 9.17) is 56.8 Å². The molecule has 0 spiro atoms. The average molecular weight is 1520 g/mol. The van der Waals surface area contributed by atoms with E-state index in [9.17, 15) is 94.3 Å². The highest BCUT2D eigenvalue weighted by atomic mass is 16.7. The molecule has 578 valence electrons. The molecule has 6 heterocycles. The summed E-state index contributed by atoms with van der Waals surface area (Å²) in [4.78, 5) is 140. The molecule has 8 aliphatic rings. The first-order valence-corrected chi connectivity index (χ1v) is 33.9. The standard InChI is InChI=1S/C35H36N4O16.C35H36N4O15/c1-15-33-18(38(13-51-14-53-33)34(46)52-12-22-36-10-23(37(22)2)39(48)49)7-24(54-15)55-20-9-35(47,21(41)11-40)8-17-26(20)32(45)28-27(30(17)43)29(42)16-5-4-6-19(50-3)25(16)31(28)44;1-15-33-19(38(13-50-14-52-33)34(45)51-12-22-36-11-23(37(22)3)39(47)48)8-24(53-15)54-21-10-35(46,16(2)40)9-18-26(21)32(44)28-27(30(18)42)29(41)17-6-5-7-20(49-4)25(17)31(28)43/h4-6,10,15,18,20,24,33,40,43,45,47H,7-9,11-14H2,1-3H3;5-7,11,15,19,21,24,33,42,44,46H,8-10,12-14H2,1-4H3/t15-,18-,20-,24-,33+,35-;15-,19?,21-,24-,33+,35-/m00/s1. The highest BCUT2D eigenvalue weighted by molar-refractivity contribution is 6.32. The number of ether oxygens (including phenoxy) is 12. The quantitative estimate of drug-likeness (QED) is 0.0438. The summed E-state index contributed by atoms with van der Waals surface area (Å²) >= 11 is 0. The van der Waals surface area contributed by atoms with Gasteiger partial charge in [-0.15, -0.1) is 0 Å². The number of methoxy groups -OCH3 is 2. The van der Waals surface area contributed by atoms with Gasteiger partial charge in [0.05, 0.1) is 98.2 Å². The van der Waals surface area contributed by atoms with Gasteiger partial charge in [-0.25, -0.2) is 28.7 Å². The number of Topliss-reactive ketones (excluding diaryl/α,β-unsaturated/α-hetero) is 2. The largest absolute Gasteiger partial charge is 0.507 e. The molecule has 4 aliphatic carbocycles. The van der Waals surface area contributed by atoms with Crippen LogP contribution in [0.1, 0.15) is 156 Å². The molecule has 0 radical (unpaired) electrons. The molecule has 1 unspecified atom stereocenters. The number of rotatable bonds is 15. The minimum Gasteiger partial charge on any atom is -0.507 e. The number of nitrogens with zero attached hydrogens (tertiary/aromatic N) is 8. The maximum Gasteiger partial charge on any atom is 0.412 e. The molecular formula is C70H72N8O31. The number of fused-ring (bicyclic) bond motifs is 8. The summed E-state index contributed by atoms with van der Waals surface area (Å²) in [6.07, 6.45) is -10.6. The maximum atomic E-state index is 14.0. The van der Waals surface area contributed by atoms with Crippen LogP contribution in [-0.4, -0.2) is 230 Å². The molecule has 6 aromatic rings. The zero-order valence-electron chi connectivity index (χ0n) is 59.1. The second kappa shape index (κ2) is 29.5. The van der Waals surface area contributed by atoms with Crippen molar-refractivity contribution >= 4 is 58.5 Å². The van der Waals surface area contributed by atoms with Crippen LogP contribution in [0.2, 0.25) is 0 Å².